The van der Waals surface area contributed by atoms with Gasteiger partial charge in [0.05, 0.1) is 0 Å². The fraction of sp³-hybridized carbons (Fsp3) is 0.500. The molecule has 1 aliphatic carbocycles. The van der Waals surface area contributed by atoms with Gasteiger partial charge in [0, 0.05) is 18.8 Å². The molecule has 2 rings (SSSR count). The van der Waals surface area contributed by atoms with Gasteiger partial charge in [-0.2, -0.15) is 0 Å². The zero-order valence-electron chi connectivity index (χ0n) is 7.71. The van der Waals surface area contributed by atoms with Crippen molar-refractivity contribution in [2.75, 3.05) is 18.4 Å². The van der Waals surface area contributed by atoms with Crippen molar-refractivity contribution < 1.29 is 0 Å². The maximum absolute atomic E-state index is 5.40. The van der Waals surface area contributed by atoms with Gasteiger partial charge < -0.3 is 11.1 Å². The van der Waals surface area contributed by atoms with E-state index in [1.807, 2.05) is 6.07 Å². The summed E-state index contributed by atoms with van der Waals surface area (Å²) in [6, 6.07) is 4.22. The molecule has 1 aliphatic rings. The van der Waals surface area contributed by atoms with E-state index >= 15 is 0 Å². The first-order valence-electron chi connectivity index (χ1n) is 4.83. The molecule has 1 heterocycles. The van der Waals surface area contributed by atoms with Crippen LogP contribution in [-0.4, -0.2) is 18.1 Å². The van der Waals surface area contributed by atoms with Crippen molar-refractivity contribution in [3.63, 3.8) is 0 Å². The Morgan fingerprint density at radius 3 is 3.15 bits per heavy atom. The molecule has 0 unspecified atom stereocenters. The van der Waals surface area contributed by atoms with Crippen LogP contribution in [0, 0.1) is 0 Å². The minimum atomic E-state index is 0.652. The minimum Gasteiger partial charge on any atom is -0.369 e. The maximum atomic E-state index is 5.40. The Morgan fingerprint density at radius 1 is 1.38 bits per heavy atom. The normalized spacial score (nSPS) is 14.2. The van der Waals surface area contributed by atoms with E-state index in [0.717, 1.165) is 18.8 Å². The van der Waals surface area contributed by atoms with E-state index in [0.29, 0.717) is 6.54 Å². The molecule has 13 heavy (non-hydrogen) atoms. The lowest BCUT2D eigenvalue weighted by atomic mass is 10.2. The van der Waals surface area contributed by atoms with Gasteiger partial charge in [-0.3, -0.25) is 0 Å². The number of anilines is 1. The van der Waals surface area contributed by atoms with Crippen LogP contribution >= 0.6 is 0 Å². The number of fused-ring (bicyclic) bond motifs is 1. The van der Waals surface area contributed by atoms with Crippen molar-refractivity contribution in [1.29, 1.82) is 0 Å². The van der Waals surface area contributed by atoms with Crippen molar-refractivity contribution in [2.24, 2.45) is 5.73 Å². The number of hydrogen-bond acceptors (Lipinski definition) is 3. The average molecular weight is 177 g/mol. The fourth-order valence-corrected chi connectivity index (χ4v) is 1.72. The molecular weight excluding hydrogens is 162 g/mol. The Labute approximate surface area is 78.4 Å². The molecule has 0 aromatic carbocycles. The van der Waals surface area contributed by atoms with Crippen LogP contribution < -0.4 is 11.1 Å². The smallest absolute Gasteiger partial charge is 0.126 e. The third-order valence-electron chi connectivity index (χ3n) is 2.38. The van der Waals surface area contributed by atoms with Crippen LogP contribution in [0.15, 0.2) is 12.1 Å². The third-order valence-corrected chi connectivity index (χ3v) is 2.38. The Hall–Kier alpha value is -1.09. The summed E-state index contributed by atoms with van der Waals surface area (Å²) in [5.74, 6) is 0.964. The SMILES string of the molecule is NCCNc1ccc2c(n1)CCC2. The zero-order chi connectivity index (χ0) is 9.10. The fourth-order valence-electron chi connectivity index (χ4n) is 1.72. The number of hydrogen-bond donors (Lipinski definition) is 2. The van der Waals surface area contributed by atoms with E-state index in [1.165, 1.54) is 24.1 Å². The van der Waals surface area contributed by atoms with Crippen LogP contribution in [-0.2, 0) is 12.8 Å². The largest absolute Gasteiger partial charge is 0.369 e. The average Bonchev–Trinajstić information content (AvgIpc) is 2.61. The van der Waals surface area contributed by atoms with E-state index in [9.17, 15) is 0 Å². The first-order chi connectivity index (χ1) is 6.40. The van der Waals surface area contributed by atoms with Crippen molar-refractivity contribution in [2.45, 2.75) is 19.3 Å². The summed E-state index contributed by atoms with van der Waals surface area (Å²) in [6.07, 6.45) is 3.58. The third kappa shape index (κ3) is 1.80. The highest BCUT2D eigenvalue weighted by Crippen LogP contribution is 2.21. The first-order valence-corrected chi connectivity index (χ1v) is 4.83. The second-order valence-electron chi connectivity index (χ2n) is 3.37. The summed E-state index contributed by atoms with van der Waals surface area (Å²) in [7, 11) is 0. The van der Waals surface area contributed by atoms with Gasteiger partial charge in [-0.25, -0.2) is 4.98 Å². The number of nitrogens with zero attached hydrogens (tertiary/aromatic N) is 1. The molecule has 3 N–H and O–H groups in total. The summed E-state index contributed by atoms with van der Waals surface area (Å²) in [4.78, 5) is 4.52. The molecule has 0 saturated heterocycles. The lowest BCUT2D eigenvalue weighted by Gasteiger charge is -2.05. The molecule has 3 nitrogen and oxygen atoms in total. The highest BCUT2D eigenvalue weighted by molar-refractivity contribution is 5.40. The van der Waals surface area contributed by atoms with Crippen molar-refractivity contribution >= 4 is 5.82 Å². The summed E-state index contributed by atoms with van der Waals surface area (Å²) >= 11 is 0. The van der Waals surface area contributed by atoms with E-state index < -0.39 is 0 Å². The van der Waals surface area contributed by atoms with Gasteiger partial charge in [-0.05, 0) is 30.9 Å². The topological polar surface area (TPSA) is 50.9 Å². The number of aryl methyl sites for hydroxylation is 2. The van der Waals surface area contributed by atoms with Crippen LogP contribution in [0.5, 0.6) is 0 Å². The molecule has 1 aromatic heterocycles. The van der Waals surface area contributed by atoms with Gasteiger partial charge in [0.25, 0.3) is 0 Å². The predicted octanol–water partition coefficient (Wildman–Crippen LogP) is 0.941. The van der Waals surface area contributed by atoms with Crippen LogP contribution in [0.1, 0.15) is 17.7 Å². The van der Waals surface area contributed by atoms with E-state index in [-0.39, 0.29) is 0 Å². The summed E-state index contributed by atoms with van der Waals surface area (Å²) in [5, 5.41) is 3.19. The van der Waals surface area contributed by atoms with Gasteiger partial charge >= 0.3 is 0 Å². The molecule has 70 valence electrons. The van der Waals surface area contributed by atoms with Crippen LogP contribution in [0.4, 0.5) is 5.82 Å². The lowest BCUT2D eigenvalue weighted by Crippen LogP contribution is -2.14. The van der Waals surface area contributed by atoms with Gasteiger partial charge in [-0.1, -0.05) is 6.07 Å². The second-order valence-corrected chi connectivity index (χ2v) is 3.37. The van der Waals surface area contributed by atoms with Gasteiger partial charge in [-0.15, -0.1) is 0 Å². The molecule has 0 radical (unpaired) electrons. The second kappa shape index (κ2) is 3.75. The van der Waals surface area contributed by atoms with Crippen LogP contribution in [0.25, 0.3) is 0 Å². The zero-order valence-corrected chi connectivity index (χ0v) is 7.71. The van der Waals surface area contributed by atoms with Crippen molar-refractivity contribution in [3.05, 3.63) is 23.4 Å². The Bertz CT molecular complexity index is 296. The van der Waals surface area contributed by atoms with Gasteiger partial charge in [0.15, 0.2) is 0 Å². The van der Waals surface area contributed by atoms with E-state index in [2.05, 4.69) is 16.4 Å². The van der Waals surface area contributed by atoms with Crippen molar-refractivity contribution in [1.82, 2.24) is 4.98 Å². The number of nitrogens with two attached hydrogens (primary N) is 1. The molecule has 0 saturated carbocycles. The van der Waals surface area contributed by atoms with E-state index in [4.69, 9.17) is 5.73 Å². The minimum absolute atomic E-state index is 0.652. The predicted molar refractivity (Wildman–Crippen MR) is 53.8 cm³/mol. The number of pyridine rings is 1. The molecule has 1 aromatic rings. The quantitative estimate of drug-likeness (QED) is 0.722. The first kappa shape index (κ1) is 8.51. The molecule has 0 spiro atoms. The highest BCUT2D eigenvalue weighted by atomic mass is 15.0. The molecule has 3 heteroatoms. The van der Waals surface area contributed by atoms with Gasteiger partial charge in [0.1, 0.15) is 5.82 Å². The standard InChI is InChI=1S/C10H15N3/c11-6-7-12-10-5-4-8-2-1-3-9(8)13-10/h4-5H,1-3,6-7,11H2,(H,12,13). The van der Waals surface area contributed by atoms with Crippen LogP contribution in [0.2, 0.25) is 0 Å². The lowest BCUT2D eigenvalue weighted by molar-refractivity contribution is 0.898. The number of nitrogens with one attached hydrogen (secondary N) is 1. The molecular formula is C10H15N3. The summed E-state index contributed by atoms with van der Waals surface area (Å²) in [6.45, 7) is 1.45. The molecule has 0 aliphatic heterocycles. The molecule has 0 fully saturated rings. The Kier molecular flexibility index (Phi) is 2.45. The Morgan fingerprint density at radius 2 is 2.31 bits per heavy atom. The summed E-state index contributed by atoms with van der Waals surface area (Å²) < 4.78 is 0. The monoisotopic (exact) mass is 177 g/mol. The maximum Gasteiger partial charge on any atom is 0.126 e. The Balaban J connectivity index is 2.12. The molecule has 0 bridgehead atoms. The molecule has 0 amide bonds. The number of aromatic nitrogens is 1. The van der Waals surface area contributed by atoms with Crippen molar-refractivity contribution in [3.8, 4) is 0 Å². The van der Waals surface area contributed by atoms with Crippen LogP contribution in [0.3, 0.4) is 0 Å². The summed E-state index contributed by atoms with van der Waals surface area (Å²) in [5.41, 5.74) is 8.08. The van der Waals surface area contributed by atoms with E-state index in [1.54, 1.807) is 0 Å². The highest BCUT2D eigenvalue weighted by Gasteiger charge is 2.11. The molecule has 0 atom stereocenters. The number of rotatable bonds is 3. The van der Waals surface area contributed by atoms with Gasteiger partial charge in [0.2, 0.25) is 0 Å².